The zero-order valence-corrected chi connectivity index (χ0v) is 11.0. The molecule has 0 aromatic rings. The number of amides is 2. The number of carboxylic acids is 1. The van der Waals surface area contributed by atoms with Gasteiger partial charge in [-0.15, -0.1) is 0 Å². The first-order chi connectivity index (χ1) is 7.61. The standard InChI is InChI=1S/C11H22N2O4/c1-7(11(2,3)4)13(5)10(17)12-8(6-14)9(15)16/h7-8,14H,6H2,1-5H3,(H,12,17)(H,15,16)/t7?,8-/m0/s1. The normalized spacial score (nSPS) is 14.9. The van der Waals surface area contributed by atoms with E-state index in [0.29, 0.717) is 0 Å². The van der Waals surface area contributed by atoms with Crippen LogP contribution in [0.5, 0.6) is 0 Å². The second-order valence-electron chi connectivity index (χ2n) is 5.18. The van der Waals surface area contributed by atoms with Gasteiger partial charge in [0.05, 0.1) is 6.61 Å². The van der Waals surface area contributed by atoms with E-state index in [-0.39, 0.29) is 11.5 Å². The summed E-state index contributed by atoms with van der Waals surface area (Å²) in [6.07, 6.45) is 0. The number of nitrogens with one attached hydrogen (secondary N) is 1. The Kier molecular flexibility index (Phi) is 5.41. The van der Waals surface area contributed by atoms with E-state index in [4.69, 9.17) is 10.2 Å². The van der Waals surface area contributed by atoms with Crippen molar-refractivity contribution in [3.63, 3.8) is 0 Å². The van der Waals surface area contributed by atoms with Crippen molar-refractivity contribution in [1.82, 2.24) is 10.2 Å². The van der Waals surface area contributed by atoms with E-state index in [0.717, 1.165) is 0 Å². The van der Waals surface area contributed by atoms with Crippen molar-refractivity contribution >= 4 is 12.0 Å². The molecule has 3 N–H and O–H groups in total. The second kappa shape index (κ2) is 5.86. The molecule has 0 fully saturated rings. The number of nitrogens with zero attached hydrogens (tertiary/aromatic N) is 1. The van der Waals surface area contributed by atoms with Crippen molar-refractivity contribution in [3.05, 3.63) is 0 Å². The molecule has 0 aliphatic heterocycles. The molecule has 0 aliphatic carbocycles. The van der Waals surface area contributed by atoms with Gasteiger partial charge in [-0.1, -0.05) is 20.8 Å². The molecule has 0 heterocycles. The zero-order chi connectivity index (χ0) is 13.8. The Hall–Kier alpha value is -1.30. The van der Waals surface area contributed by atoms with Crippen molar-refractivity contribution < 1.29 is 19.8 Å². The van der Waals surface area contributed by atoms with Gasteiger partial charge >= 0.3 is 12.0 Å². The number of carbonyl (C=O) groups excluding carboxylic acids is 1. The molecule has 100 valence electrons. The molecule has 0 saturated heterocycles. The first-order valence-corrected chi connectivity index (χ1v) is 5.48. The Morgan fingerprint density at radius 3 is 2.12 bits per heavy atom. The lowest BCUT2D eigenvalue weighted by atomic mass is 9.87. The molecule has 0 radical (unpaired) electrons. The van der Waals surface area contributed by atoms with Crippen LogP contribution in [0.1, 0.15) is 27.7 Å². The van der Waals surface area contributed by atoms with E-state index < -0.39 is 24.6 Å². The number of aliphatic hydroxyl groups excluding tert-OH is 1. The molecule has 6 nitrogen and oxygen atoms in total. The Bertz CT molecular complexity index is 286. The molecular weight excluding hydrogens is 224 g/mol. The molecule has 6 heteroatoms. The first kappa shape index (κ1) is 15.7. The topological polar surface area (TPSA) is 89.9 Å². The van der Waals surface area contributed by atoms with E-state index in [1.807, 2.05) is 27.7 Å². The van der Waals surface area contributed by atoms with Crippen molar-refractivity contribution in [3.8, 4) is 0 Å². The lowest BCUT2D eigenvalue weighted by Crippen LogP contribution is -2.53. The van der Waals surface area contributed by atoms with Gasteiger partial charge in [0.25, 0.3) is 0 Å². The lowest BCUT2D eigenvalue weighted by Gasteiger charge is -2.35. The highest BCUT2D eigenvalue weighted by Crippen LogP contribution is 2.22. The van der Waals surface area contributed by atoms with E-state index in [1.54, 1.807) is 7.05 Å². The zero-order valence-electron chi connectivity index (χ0n) is 11.0. The third-order valence-corrected chi connectivity index (χ3v) is 2.93. The summed E-state index contributed by atoms with van der Waals surface area (Å²) in [7, 11) is 1.60. The van der Waals surface area contributed by atoms with Crippen LogP contribution in [0.3, 0.4) is 0 Å². The molecule has 0 aromatic heterocycles. The highest BCUT2D eigenvalue weighted by Gasteiger charge is 2.29. The smallest absolute Gasteiger partial charge is 0.328 e. The van der Waals surface area contributed by atoms with E-state index in [2.05, 4.69) is 5.32 Å². The maximum atomic E-state index is 11.7. The summed E-state index contributed by atoms with van der Waals surface area (Å²) in [5.74, 6) is -1.25. The molecule has 0 bridgehead atoms. The fraction of sp³-hybridized carbons (Fsp3) is 0.818. The Labute approximate surface area is 102 Å². The molecule has 1 unspecified atom stereocenters. The third-order valence-electron chi connectivity index (χ3n) is 2.93. The number of carbonyl (C=O) groups is 2. The summed E-state index contributed by atoms with van der Waals surface area (Å²) in [5, 5.41) is 19.8. The molecule has 2 amide bonds. The Morgan fingerprint density at radius 1 is 1.35 bits per heavy atom. The van der Waals surface area contributed by atoms with Gasteiger partial charge in [-0.05, 0) is 12.3 Å². The Morgan fingerprint density at radius 2 is 1.82 bits per heavy atom. The number of carboxylic acid groups (broad SMARTS) is 1. The average Bonchev–Trinajstić information content (AvgIpc) is 2.21. The van der Waals surface area contributed by atoms with Crippen molar-refractivity contribution in [2.45, 2.75) is 39.8 Å². The highest BCUT2D eigenvalue weighted by atomic mass is 16.4. The van der Waals surface area contributed by atoms with E-state index in [9.17, 15) is 9.59 Å². The van der Waals surface area contributed by atoms with Crippen LogP contribution in [0.4, 0.5) is 4.79 Å². The summed E-state index contributed by atoms with van der Waals surface area (Å²) in [5.41, 5.74) is -0.107. The molecular formula is C11H22N2O4. The highest BCUT2D eigenvalue weighted by molar-refractivity contribution is 5.82. The number of urea groups is 1. The summed E-state index contributed by atoms with van der Waals surface area (Å²) in [6, 6.07) is -1.83. The van der Waals surface area contributed by atoms with Gasteiger partial charge in [-0.2, -0.15) is 0 Å². The second-order valence-corrected chi connectivity index (χ2v) is 5.18. The summed E-state index contributed by atoms with van der Waals surface area (Å²) >= 11 is 0. The maximum Gasteiger partial charge on any atom is 0.328 e. The molecule has 0 saturated carbocycles. The fourth-order valence-corrected chi connectivity index (χ4v) is 1.19. The van der Waals surface area contributed by atoms with Gasteiger partial charge in [-0.3, -0.25) is 0 Å². The molecule has 0 spiro atoms. The molecule has 2 atom stereocenters. The first-order valence-electron chi connectivity index (χ1n) is 5.48. The minimum absolute atomic E-state index is 0.0596. The molecule has 17 heavy (non-hydrogen) atoms. The van der Waals surface area contributed by atoms with Crippen LogP contribution in [0.25, 0.3) is 0 Å². The van der Waals surface area contributed by atoms with Crippen LogP contribution in [-0.4, -0.2) is 52.9 Å². The van der Waals surface area contributed by atoms with E-state index >= 15 is 0 Å². The van der Waals surface area contributed by atoms with Crippen LogP contribution in [-0.2, 0) is 4.79 Å². The van der Waals surface area contributed by atoms with Crippen LogP contribution in [0.15, 0.2) is 0 Å². The predicted octanol–water partition coefficient (Wildman–Crippen LogP) is 0.508. The number of hydrogen-bond donors (Lipinski definition) is 3. The molecule has 0 aromatic carbocycles. The number of aliphatic hydroxyl groups is 1. The Balaban J connectivity index is 4.56. The summed E-state index contributed by atoms with van der Waals surface area (Å²) in [4.78, 5) is 23.8. The lowest BCUT2D eigenvalue weighted by molar-refractivity contribution is -0.140. The molecule has 0 rings (SSSR count). The third kappa shape index (κ3) is 4.60. The van der Waals surface area contributed by atoms with Gasteiger partial charge in [0.2, 0.25) is 0 Å². The van der Waals surface area contributed by atoms with Crippen LogP contribution in [0.2, 0.25) is 0 Å². The average molecular weight is 246 g/mol. The minimum Gasteiger partial charge on any atom is -0.480 e. The van der Waals surface area contributed by atoms with Gasteiger partial charge in [-0.25, -0.2) is 9.59 Å². The van der Waals surface area contributed by atoms with Crippen LogP contribution >= 0.6 is 0 Å². The van der Waals surface area contributed by atoms with Gasteiger partial charge in [0, 0.05) is 13.1 Å². The minimum atomic E-state index is -1.27. The van der Waals surface area contributed by atoms with Gasteiger partial charge in [0.15, 0.2) is 6.04 Å². The quantitative estimate of drug-likeness (QED) is 0.674. The van der Waals surface area contributed by atoms with Crippen molar-refractivity contribution in [2.75, 3.05) is 13.7 Å². The monoisotopic (exact) mass is 246 g/mol. The van der Waals surface area contributed by atoms with Gasteiger partial charge in [0.1, 0.15) is 0 Å². The van der Waals surface area contributed by atoms with Crippen LogP contribution < -0.4 is 5.32 Å². The summed E-state index contributed by atoms with van der Waals surface area (Å²) in [6.45, 7) is 7.22. The maximum absolute atomic E-state index is 11.7. The van der Waals surface area contributed by atoms with Crippen molar-refractivity contribution in [1.29, 1.82) is 0 Å². The van der Waals surface area contributed by atoms with E-state index in [1.165, 1.54) is 4.90 Å². The molecule has 0 aliphatic rings. The number of aliphatic carboxylic acids is 1. The fourth-order valence-electron chi connectivity index (χ4n) is 1.19. The van der Waals surface area contributed by atoms with Crippen molar-refractivity contribution in [2.24, 2.45) is 5.41 Å². The van der Waals surface area contributed by atoms with Gasteiger partial charge < -0.3 is 20.4 Å². The number of hydrogen-bond acceptors (Lipinski definition) is 3. The number of rotatable bonds is 4. The predicted molar refractivity (Wildman–Crippen MR) is 63.7 cm³/mol. The summed E-state index contributed by atoms with van der Waals surface area (Å²) < 4.78 is 0. The SMILES string of the molecule is CC(N(C)C(=O)N[C@@H](CO)C(=O)O)C(C)(C)C. The van der Waals surface area contributed by atoms with Crippen LogP contribution in [0, 0.1) is 5.41 Å². The largest absolute Gasteiger partial charge is 0.480 e.